The fraction of sp³-hybridized carbons (Fsp3) is 0.611. The lowest BCUT2D eigenvalue weighted by Gasteiger charge is -2.30. The monoisotopic (exact) mass is 289 g/mol. The zero-order valence-electron chi connectivity index (χ0n) is 13.3. The second-order valence-corrected chi connectivity index (χ2v) is 6.34. The van der Waals surface area contributed by atoms with Crippen LogP contribution in [-0.4, -0.2) is 29.1 Å². The van der Waals surface area contributed by atoms with Crippen LogP contribution in [0.25, 0.3) is 0 Å². The van der Waals surface area contributed by atoms with Crippen molar-refractivity contribution in [2.45, 2.75) is 52.5 Å². The summed E-state index contributed by atoms with van der Waals surface area (Å²) in [7, 11) is 0. The van der Waals surface area contributed by atoms with Gasteiger partial charge in [0.05, 0.1) is 5.56 Å². The molecule has 0 aromatic heterocycles. The number of hydrogen-bond donors (Lipinski definition) is 1. The van der Waals surface area contributed by atoms with Gasteiger partial charge in [-0.2, -0.15) is 0 Å². The summed E-state index contributed by atoms with van der Waals surface area (Å²) in [6.07, 6.45) is 6.46. The van der Waals surface area contributed by atoms with Crippen molar-refractivity contribution in [3.63, 3.8) is 0 Å². The average Bonchev–Trinajstić information content (AvgIpc) is 2.71. The second kappa shape index (κ2) is 7.08. The molecule has 0 aliphatic carbocycles. The molecule has 1 aliphatic heterocycles. The molecule has 1 saturated heterocycles. The lowest BCUT2D eigenvalue weighted by Crippen LogP contribution is -2.26. The Kier molecular flexibility index (Phi) is 5.40. The average molecular weight is 289 g/mol. The molecule has 0 saturated carbocycles. The fourth-order valence-electron chi connectivity index (χ4n) is 3.44. The molecule has 21 heavy (non-hydrogen) atoms. The van der Waals surface area contributed by atoms with Crippen LogP contribution in [-0.2, 0) is 6.54 Å². The molecule has 1 aromatic rings. The fourth-order valence-corrected chi connectivity index (χ4v) is 3.44. The first-order valence-electron chi connectivity index (χ1n) is 8.13. The van der Waals surface area contributed by atoms with E-state index in [-0.39, 0.29) is 0 Å². The van der Waals surface area contributed by atoms with Gasteiger partial charge >= 0.3 is 5.97 Å². The molecule has 2 rings (SSSR count). The third kappa shape index (κ3) is 4.07. The number of nitrogens with zero attached hydrogens (tertiary/aromatic N) is 1. The lowest BCUT2D eigenvalue weighted by molar-refractivity contribution is 0.0697. The van der Waals surface area contributed by atoms with Crippen LogP contribution in [0.3, 0.4) is 0 Å². The molecule has 0 spiro atoms. The molecule has 0 unspecified atom stereocenters. The van der Waals surface area contributed by atoms with Gasteiger partial charge in [-0.1, -0.05) is 38.8 Å². The van der Waals surface area contributed by atoms with Gasteiger partial charge < -0.3 is 5.11 Å². The van der Waals surface area contributed by atoms with Crippen molar-refractivity contribution in [3.8, 4) is 0 Å². The van der Waals surface area contributed by atoms with E-state index in [4.69, 9.17) is 5.11 Å². The SMILES string of the molecule is CCC1(CC)CCCN(Cc2ccc(C(=O)O)cc2)CC1. The van der Waals surface area contributed by atoms with Crippen molar-refractivity contribution in [3.05, 3.63) is 35.4 Å². The van der Waals surface area contributed by atoms with Crippen LogP contribution in [0.5, 0.6) is 0 Å². The zero-order valence-corrected chi connectivity index (χ0v) is 13.3. The zero-order chi connectivity index (χ0) is 15.3. The Hall–Kier alpha value is -1.35. The van der Waals surface area contributed by atoms with Gasteiger partial charge in [-0.15, -0.1) is 0 Å². The van der Waals surface area contributed by atoms with Gasteiger partial charge in [0.1, 0.15) is 0 Å². The van der Waals surface area contributed by atoms with Crippen LogP contribution in [0.15, 0.2) is 24.3 Å². The molecule has 0 radical (unpaired) electrons. The highest BCUT2D eigenvalue weighted by molar-refractivity contribution is 5.87. The van der Waals surface area contributed by atoms with Crippen LogP contribution in [0.2, 0.25) is 0 Å². The van der Waals surface area contributed by atoms with Crippen LogP contribution in [0.4, 0.5) is 0 Å². The molecule has 1 aliphatic rings. The van der Waals surface area contributed by atoms with Crippen LogP contribution < -0.4 is 0 Å². The van der Waals surface area contributed by atoms with Crippen LogP contribution in [0, 0.1) is 5.41 Å². The van der Waals surface area contributed by atoms with Crippen molar-refractivity contribution >= 4 is 5.97 Å². The smallest absolute Gasteiger partial charge is 0.335 e. The van der Waals surface area contributed by atoms with Crippen LogP contribution >= 0.6 is 0 Å². The lowest BCUT2D eigenvalue weighted by atomic mass is 9.76. The quantitative estimate of drug-likeness (QED) is 0.884. The van der Waals surface area contributed by atoms with E-state index in [0.29, 0.717) is 11.0 Å². The van der Waals surface area contributed by atoms with Crippen molar-refractivity contribution in [2.24, 2.45) is 5.41 Å². The molecule has 1 aromatic carbocycles. The Labute approximate surface area is 128 Å². The molecule has 0 bridgehead atoms. The van der Waals surface area contributed by atoms with Gasteiger partial charge in [-0.05, 0) is 55.5 Å². The predicted molar refractivity (Wildman–Crippen MR) is 85.5 cm³/mol. The molecule has 1 heterocycles. The van der Waals surface area contributed by atoms with E-state index < -0.39 is 5.97 Å². The second-order valence-electron chi connectivity index (χ2n) is 6.34. The number of aromatic carboxylic acids is 1. The minimum atomic E-state index is -0.855. The highest BCUT2D eigenvalue weighted by Gasteiger charge is 2.28. The predicted octanol–water partition coefficient (Wildman–Crippen LogP) is 4.18. The number of likely N-dealkylation sites (tertiary alicyclic amines) is 1. The van der Waals surface area contributed by atoms with E-state index >= 15 is 0 Å². The van der Waals surface area contributed by atoms with E-state index in [1.165, 1.54) is 37.7 Å². The minimum Gasteiger partial charge on any atom is -0.478 e. The van der Waals surface area contributed by atoms with Crippen LogP contribution in [0.1, 0.15) is 61.9 Å². The third-order valence-electron chi connectivity index (χ3n) is 5.25. The first-order chi connectivity index (χ1) is 10.1. The molecule has 0 atom stereocenters. The maximum atomic E-state index is 10.9. The molecule has 3 heteroatoms. The summed E-state index contributed by atoms with van der Waals surface area (Å²) < 4.78 is 0. The first kappa shape index (κ1) is 16.0. The number of carbonyl (C=O) groups is 1. The summed E-state index contributed by atoms with van der Waals surface area (Å²) in [5, 5.41) is 8.94. The first-order valence-corrected chi connectivity index (χ1v) is 8.13. The molecular weight excluding hydrogens is 262 g/mol. The van der Waals surface area contributed by atoms with E-state index in [2.05, 4.69) is 18.7 Å². The minimum absolute atomic E-state index is 0.366. The molecule has 1 N–H and O–H groups in total. The van der Waals surface area contributed by atoms with Gasteiger partial charge in [0, 0.05) is 6.54 Å². The highest BCUT2D eigenvalue weighted by Crippen LogP contribution is 2.38. The van der Waals surface area contributed by atoms with Crippen molar-refractivity contribution in [2.75, 3.05) is 13.1 Å². The standard InChI is InChI=1S/C18H27NO2/c1-3-18(4-2)10-5-12-19(13-11-18)14-15-6-8-16(9-7-15)17(20)21/h6-9H,3-5,10-14H2,1-2H3,(H,20,21). The van der Waals surface area contributed by atoms with Gasteiger partial charge in [-0.3, -0.25) is 4.90 Å². The van der Waals surface area contributed by atoms with Crippen molar-refractivity contribution in [1.29, 1.82) is 0 Å². The Morgan fingerprint density at radius 3 is 2.38 bits per heavy atom. The number of benzene rings is 1. The molecule has 1 fully saturated rings. The largest absolute Gasteiger partial charge is 0.478 e. The number of rotatable bonds is 5. The number of carboxylic acid groups (broad SMARTS) is 1. The topological polar surface area (TPSA) is 40.5 Å². The van der Waals surface area contributed by atoms with Gasteiger partial charge in [0.15, 0.2) is 0 Å². The molecular formula is C18H27NO2. The summed E-state index contributed by atoms with van der Waals surface area (Å²) in [6.45, 7) is 7.89. The summed E-state index contributed by atoms with van der Waals surface area (Å²) >= 11 is 0. The maximum Gasteiger partial charge on any atom is 0.335 e. The molecule has 0 amide bonds. The Bertz CT molecular complexity index is 463. The third-order valence-corrected chi connectivity index (χ3v) is 5.25. The Balaban J connectivity index is 1.95. The van der Waals surface area contributed by atoms with E-state index in [9.17, 15) is 4.79 Å². The Morgan fingerprint density at radius 1 is 1.14 bits per heavy atom. The molecule has 3 nitrogen and oxygen atoms in total. The van der Waals surface area contributed by atoms with Gasteiger partial charge in [-0.25, -0.2) is 4.79 Å². The van der Waals surface area contributed by atoms with Gasteiger partial charge in [0.25, 0.3) is 0 Å². The summed E-state index contributed by atoms with van der Waals surface area (Å²) in [6, 6.07) is 7.30. The van der Waals surface area contributed by atoms with Crippen molar-refractivity contribution < 1.29 is 9.90 Å². The number of hydrogen-bond acceptors (Lipinski definition) is 2. The maximum absolute atomic E-state index is 10.9. The number of carboxylic acids is 1. The van der Waals surface area contributed by atoms with E-state index in [0.717, 1.165) is 19.6 Å². The normalized spacial score (nSPS) is 19.1. The van der Waals surface area contributed by atoms with Crippen molar-refractivity contribution in [1.82, 2.24) is 4.90 Å². The molecule has 116 valence electrons. The van der Waals surface area contributed by atoms with Gasteiger partial charge in [0.2, 0.25) is 0 Å². The highest BCUT2D eigenvalue weighted by atomic mass is 16.4. The summed E-state index contributed by atoms with van der Waals surface area (Å²) in [5.74, 6) is -0.855. The van der Waals surface area contributed by atoms with E-state index in [1.807, 2.05) is 12.1 Å². The van der Waals surface area contributed by atoms with E-state index in [1.54, 1.807) is 12.1 Å². The summed E-state index contributed by atoms with van der Waals surface area (Å²) in [5.41, 5.74) is 2.12. The Morgan fingerprint density at radius 2 is 1.81 bits per heavy atom. The summed E-state index contributed by atoms with van der Waals surface area (Å²) in [4.78, 5) is 13.4.